The summed E-state index contributed by atoms with van der Waals surface area (Å²) in [6.07, 6.45) is -1.38. The number of amides is 1. The number of hydrogen-bond acceptors (Lipinski definition) is 5. The predicted molar refractivity (Wildman–Crippen MR) is 127 cm³/mol. The molecule has 1 aromatic heterocycles. The van der Waals surface area contributed by atoms with Crippen LogP contribution >= 0.6 is 11.6 Å². The number of aromatic amines is 1. The van der Waals surface area contributed by atoms with Crippen LogP contribution in [0, 0.1) is 5.92 Å². The molecule has 3 aromatic rings. The SMILES string of the molecule is COc1cc2[nH]nc(NC[C@H]3CC[C@H](NC(=O)c4cc(C(F)(F)F)ccc4Cl)CC3)c2cc1OC. The van der Waals surface area contributed by atoms with Crippen molar-refractivity contribution in [3.05, 3.63) is 46.5 Å². The highest BCUT2D eigenvalue weighted by atomic mass is 35.5. The van der Waals surface area contributed by atoms with E-state index < -0.39 is 17.6 Å². The maximum absolute atomic E-state index is 13.0. The number of carbonyl (C=O) groups is 1. The summed E-state index contributed by atoms with van der Waals surface area (Å²) in [6.45, 7) is 0.703. The molecule has 0 spiro atoms. The quantitative estimate of drug-likeness (QED) is 0.382. The van der Waals surface area contributed by atoms with Gasteiger partial charge in [0.2, 0.25) is 0 Å². The first kappa shape index (κ1) is 25.0. The van der Waals surface area contributed by atoms with Crippen molar-refractivity contribution in [2.45, 2.75) is 37.9 Å². The van der Waals surface area contributed by atoms with Gasteiger partial charge in [-0.2, -0.15) is 18.3 Å². The predicted octanol–water partition coefficient (Wildman–Crippen LogP) is 5.65. The van der Waals surface area contributed by atoms with Gasteiger partial charge in [-0.05, 0) is 55.9 Å². The lowest BCUT2D eigenvalue weighted by Crippen LogP contribution is -2.38. The molecule has 4 rings (SSSR count). The van der Waals surface area contributed by atoms with E-state index in [1.165, 1.54) is 0 Å². The average Bonchev–Trinajstić information content (AvgIpc) is 3.23. The average molecular weight is 511 g/mol. The van der Waals surface area contributed by atoms with Crippen molar-refractivity contribution in [3.63, 3.8) is 0 Å². The van der Waals surface area contributed by atoms with Crippen LogP contribution in [0.4, 0.5) is 19.0 Å². The normalized spacial score (nSPS) is 18.3. The maximum Gasteiger partial charge on any atom is 0.416 e. The minimum atomic E-state index is -4.54. The summed E-state index contributed by atoms with van der Waals surface area (Å²) in [6, 6.07) is 6.35. The van der Waals surface area contributed by atoms with Gasteiger partial charge in [0, 0.05) is 24.0 Å². The molecule has 0 bridgehead atoms. The van der Waals surface area contributed by atoms with Crippen LogP contribution in [0.25, 0.3) is 10.9 Å². The topological polar surface area (TPSA) is 88.3 Å². The van der Waals surface area contributed by atoms with Gasteiger partial charge in [-0.3, -0.25) is 9.89 Å². The fraction of sp³-hybridized carbons (Fsp3) is 0.417. The van der Waals surface area contributed by atoms with Crippen LogP contribution in [0.5, 0.6) is 11.5 Å². The maximum atomic E-state index is 13.0. The lowest BCUT2D eigenvalue weighted by molar-refractivity contribution is -0.137. The highest BCUT2D eigenvalue weighted by Crippen LogP contribution is 2.35. The van der Waals surface area contributed by atoms with Gasteiger partial charge in [-0.15, -0.1) is 0 Å². The van der Waals surface area contributed by atoms with E-state index in [4.69, 9.17) is 21.1 Å². The molecular formula is C24H26ClF3N4O3. The molecule has 7 nitrogen and oxygen atoms in total. The highest BCUT2D eigenvalue weighted by molar-refractivity contribution is 6.33. The summed E-state index contributed by atoms with van der Waals surface area (Å²) < 4.78 is 49.7. The Balaban J connectivity index is 1.32. The fourth-order valence-corrected chi connectivity index (χ4v) is 4.57. The number of carbonyl (C=O) groups excluding carboxylic acids is 1. The minimum Gasteiger partial charge on any atom is -0.493 e. The van der Waals surface area contributed by atoms with Gasteiger partial charge in [0.15, 0.2) is 17.3 Å². The number of anilines is 1. The Bertz CT molecular complexity index is 1210. The van der Waals surface area contributed by atoms with E-state index >= 15 is 0 Å². The number of hydrogen-bond donors (Lipinski definition) is 3. The third kappa shape index (κ3) is 5.58. The Morgan fingerprint density at radius 2 is 1.80 bits per heavy atom. The Kier molecular flexibility index (Phi) is 7.30. The Hall–Kier alpha value is -3.14. The smallest absolute Gasteiger partial charge is 0.416 e. The molecule has 0 atom stereocenters. The van der Waals surface area contributed by atoms with Crippen LogP contribution < -0.4 is 20.1 Å². The minimum absolute atomic E-state index is 0.00568. The molecule has 1 fully saturated rings. The summed E-state index contributed by atoms with van der Waals surface area (Å²) >= 11 is 5.99. The monoisotopic (exact) mass is 510 g/mol. The van der Waals surface area contributed by atoms with Crippen LogP contribution in [0.3, 0.4) is 0 Å². The van der Waals surface area contributed by atoms with Gasteiger partial charge >= 0.3 is 6.18 Å². The number of methoxy groups -OCH3 is 2. The van der Waals surface area contributed by atoms with Crippen LogP contribution in [0.15, 0.2) is 30.3 Å². The summed E-state index contributed by atoms with van der Waals surface area (Å²) in [5.41, 5.74) is -0.239. The zero-order valence-electron chi connectivity index (χ0n) is 19.3. The molecule has 188 valence electrons. The molecule has 11 heteroatoms. The van der Waals surface area contributed by atoms with Gasteiger partial charge in [-0.1, -0.05) is 11.6 Å². The number of halogens is 4. The van der Waals surface area contributed by atoms with E-state index in [-0.39, 0.29) is 16.6 Å². The summed E-state index contributed by atoms with van der Waals surface area (Å²) in [4.78, 5) is 12.6. The van der Waals surface area contributed by atoms with E-state index in [2.05, 4.69) is 20.8 Å². The van der Waals surface area contributed by atoms with Crippen LogP contribution in [0.1, 0.15) is 41.6 Å². The van der Waals surface area contributed by atoms with E-state index in [0.717, 1.165) is 60.6 Å². The number of rotatable bonds is 7. The van der Waals surface area contributed by atoms with Crippen molar-refractivity contribution in [3.8, 4) is 11.5 Å². The number of benzene rings is 2. The molecule has 2 aromatic carbocycles. The Labute approximate surface area is 205 Å². The van der Waals surface area contributed by atoms with Gasteiger partial charge in [0.05, 0.1) is 35.9 Å². The number of nitrogens with zero attached hydrogens (tertiary/aromatic N) is 1. The van der Waals surface area contributed by atoms with Gasteiger partial charge in [0.1, 0.15) is 0 Å². The number of ether oxygens (including phenoxy) is 2. The van der Waals surface area contributed by atoms with Gasteiger partial charge < -0.3 is 20.1 Å². The fourth-order valence-electron chi connectivity index (χ4n) is 4.37. The third-order valence-electron chi connectivity index (χ3n) is 6.35. The second-order valence-electron chi connectivity index (χ2n) is 8.59. The van der Waals surface area contributed by atoms with Crippen LogP contribution in [-0.2, 0) is 6.18 Å². The lowest BCUT2D eigenvalue weighted by Gasteiger charge is -2.29. The van der Waals surface area contributed by atoms with Crippen molar-refractivity contribution in [2.75, 3.05) is 26.1 Å². The third-order valence-corrected chi connectivity index (χ3v) is 6.68. The van der Waals surface area contributed by atoms with E-state index in [9.17, 15) is 18.0 Å². The molecule has 3 N–H and O–H groups in total. The molecular weight excluding hydrogens is 485 g/mol. The molecule has 1 amide bonds. The van der Waals surface area contributed by atoms with E-state index in [0.29, 0.717) is 24.0 Å². The molecule has 1 aliphatic rings. The van der Waals surface area contributed by atoms with Crippen molar-refractivity contribution in [2.24, 2.45) is 5.92 Å². The number of alkyl halides is 3. The standard InChI is InChI=1S/C24H26ClF3N4O3/c1-34-20-10-17-19(11-21(20)35-2)31-32-22(17)29-12-13-3-6-15(7-4-13)30-23(33)16-9-14(24(26,27)28)5-8-18(16)25/h5,8-11,13,15H,3-4,6-7,12H2,1-2H3,(H,30,33)(H2,29,31,32)/t13-,15-. The summed E-state index contributed by atoms with van der Waals surface area (Å²) in [5, 5.41) is 14.4. The number of fused-ring (bicyclic) bond motifs is 1. The molecule has 35 heavy (non-hydrogen) atoms. The van der Waals surface area contributed by atoms with E-state index in [1.807, 2.05) is 12.1 Å². The zero-order valence-corrected chi connectivity index (χ0v) is 20.0. The van der Waals surface area contributed by atoms with Crippen LogP contribution in [-0.4, -0.2) is 42.9 Å². The molecule has 1 heterocycles. The Morgan fingerprint density at radius 1 is 1.11 bits per heavy atom. The number of nitrogens with one attached hydrogen (secondary N) is 3. The second kappa shape index (κ2) is 10.2. The second-order valence-corrected chi connectivity index (χ2v) is 9.00. The first-order valence-electron chi connectivity index (χ1n) is 11.2. The van der Waals surface area contributed by atoms with Gasteiger partial charge in [0.25, 0.3) is 5.91 Å². The summed E-state index contributed by atoms with van der Waals surface area (Å²) in [7, 11) is 3.15. The lowest BCUT2D eigenvalue weighted by atomic mass is 9.86. The van der Waals surface area contributed by atoms with Gasteiger partial charge in [-0.25, -0.2) is 0 Å². The summed E-state index contributed by atoms with van der Waals surface area (Å²) in [5.74, 6) is 1.72. The zero-order chi connectivity index (χ0) is 25.2. The number of aromatic nitrogens is 2. The molecule has 0 aliphatic heterocycles. The highest BCUT2D eigenvalue weighted by Gasteiger charge is 2.32. The van der Waals surface area contributed by atoms with E-state index in [1.54, 1.807) is 14.2 Å². The molecule has 0 saturated heterocycles. The van der Waals surface area contributed by atoms with Crippen molar-refractivity contribution in [1.82, 2.24) is 15.5 Å². The van der Waals surface area contributed by atoms with Crippen molar-refractivity contribution >= 4 is 34.2 Å². The van der Waals surface area contributed by atoms with Crippen LogP contribution in [0.2, 0.25) is 5.02 Å². The van der Waals surface area contributed by atoms with Crippen molar-refractivity contribution < 1.29 is 27.4 Å². The number of H-pyrrole nitrogens is 1. The molecule has 0 radical (unpaired) electrons. The molecule has 1 aliphatic carbocycles. The molecule has 1 saturated carbocycles. The largest absolute Gasteiger partial charge is 0.493 e. The first-order valence-corrected chi connectivity index (χ1v) is 11.6. The van der Waals surface area contributed by atoms with Crippen molar-refractivity contribution in [1.29, 1.82) is 0 Å². The Morgan fingerprint density at radius 3 is 2.46 bits per heavy atom. The molecule has 0 unspecified atom stereocenters. The first-order chi connectivity index (χ1) is 16.7.